The number of nitrogens with one attached hydrogen (secondary N) is 1. The molecule has 1 saturated heterocycles. The Morgan fingerprint density at radius 2 is 2.04 bits per heavy atom. The summed E-state index contributed by atoms with van der Waals surface area (Å²) >= 11 is 3.43. The molecule has 6 nitrogen and oxygen atoms in total. The van der Waals surface area contributed by atoms with Gasteiger partial charge in [-0.3, -0.25) is 14.6 Å². The second-order valence-electron chi connectivity index (χ2n) is 7.16. The molecule has 1 aliphatic carbocycles. The van der Waals surface area contributed by atoms with Crippen LogP contribution in [-0.2, 0) is 4.79 Å². The average Bonchev–Trinajstić information content (AvgIpc) is 3.48. The molecule has 26 heavy (non-hydrogen) atoms. The molecule has 0 bridgehead atoms. The number of nitrogens with zero attached hydrogens (tertiary/aromatic N) is 3. The van der Waals surface area contributed by atoms with Crippen molar-refractivity contribution < 1.29 is 9.59 Å². The standard InChI is InChI=1S/C19H21BrN4O2/c1-11-15(3-2-8-24(11)19(26)12-4-5-12)23-18(25)16-7-6-13-9-21-10-14(20)17(13)22-16/h6-7,9-12,15H,2-5,8H2,1H3,(H,23,25)/t11-,15-/m1/s1. The number of piperidine rings is 1. The maximum Gasteiger partial charge on any atom is 0.270 e. The van der Waals surface area contributed by atoms with Gasteiger partial charge in [0.05, 0.1) is 9.99 Å². The molecule has 0 unspecified atom stereocenters. The van der Waals surface area contributed by atoms with Gasteiger partial charge in [-0.15, -0.1) is 0 Å². The van der Waals surface area contributed by atoms with E-state index in [2.05, 4.69) is 31.2 Å². The van der Waals surface area contributed by atoms with Crippen LogP contribution in [0.25, 0.3) is 10.9 Å². The predicted molar refractivity (Wildman–Crippen MR) is 102 cm³/mol. The Labute approximate surface area is 160 Å². The molecule has 0 radical (unpaired) electrons. The highest BCUT2D eigenvalue weighted by Gasteiger charge is 2.39. The van der Waals surface area contributed by atoms with Crippen molar-refractivity contribution in [2.75, 3.05) is 6.54 Å². The average molecular weight is 417 g/mol. The van der Waals surface area contributed by atoms with Gasteiger partial charge in [0.15, 0.2) is 0 Å². The minimum Gasteiger partial charge on any atom is -0.346 e. The first-order chi connectivity index (χ1) is 12.5. The number of hydrogen-bond acceptors (Lipinski definition) is 4. The summed E-state index contributed by atoms with van der Waals surface area (Å²) < 4.78 is 0.761. The zero-order valence-corrected chi connectivity index (χ0v) is 16.2. The normalized spacial score (nSPS) is 23.1. The minimum atomic E-state index is -0.201. The van der Waals surface area contributed by atoms with Crippen molar-refractivity contribution in [3.63, 3.8) is 0 Å². The van der Waals surface area contributed by atoms with Crippen molar-refractivity contribution in [1.82, 2.24) is 20.2 Å². The second kappa shape index (κ2) is 6.95. The molecule has 2 atom stereocenters. The quantitative estimate of drug-likeness (QED) is 0.834. The summed E-state index contributed by atoms with van der Waals surface area (Å²) in [4.78, 5) is 35.7. The smallest absolute Gasteiger partial charge is 0.270 e. The number of halogens is 1. The number of likely N-dealkylation sites (tertiary alicyclic amines) is 1. The fraction of sp³-hybridized carbons (Fsp3) is 0.474. The molecule has 136 valence electrons. The highest BCUT2D eigenvalue weighted by molar-refractivity contribution is 9.10. The molecular formula is C19H21BrN4O2. The zero-order chi connectivity index (χ0) is 18.3. The monoisotopic (exact) mass is 416 g/mol. The van der Waals surface area contributed by atoms with E-state index in [1.165, 1.54) is 0 Å². The van der Waals surface area contributed by atoms with E-state index in [9.17, 15) is 9.59 Å². The summed E-state index contributed by atoms with van der Waals surface area (Å²) in [6, 6.07) is 3.53. The van der Waals surface area contributed by atoms with Crippen molar-refractivity contribution in [2.45, 2.75) is 44.7 Å². The van der Waals surface area contributed by atoms with E-state index in [0.29, 0.717) is 5.69 Å². The van der Waals surface area contributed by atoms with E-state index in [4.69, 9.17) is 0 Å². The van der Waals surface area contributed by atoms with Crippen LogP contribution in [0.15, 0.2) is 29.0 Å². The Morgan fingerprint density at radius 1 is 1.23 bits per heavy atom. The zero-order valence-electron chi connectivity index (χ0n) is 14.6. The van der Waals surface area contributed by atoms with Gasteiger partial charge in [-0.2, -0.15) is 0 Å². The summed E-state index contributed by atoms with van der Waals surface area (Å²) in [5.41, 5.74) is 1.09. The van der Waals surface area contributed by atoms with Gasteiger partial charge >= 0.3 is 0 Å². The third kappa shape index (κ3) is 3.32. The highest BCUT2D eigenvalue weighted by atomic mass is 79.9. The Hall–Kier alpha value is -2.02. The van der Waals surface area contributed by atoms with Crippen molar-refractivity contribution in [1.29, 1.82) is 0 Å². The second-order valence-corrected chi connectivity index (χ2v) is 8.01. The summed E-state index contributed by atoms with van der Waals surface area (Å²) in [6.07, 6.45) is 7.19. The minimum absolute atomic E-state index is 0.0113. The number of amides is 2. The molecule has 2 fully saturated rings. The fourth-order valence-corrected chi connectivity index (χ4v) is 4.03. The van der Waals surface area contributed by atoms with Crippen molar-refractivity contribution in [2.24, 2.45) is 5.92 Å². The van der Waals surface area contributed by atoms with Gasteiger partial charge in [0.25, 0.3) is 5.91 Å². The number of carbonyl (C=O) groups excluding carboxylic acids is 2. The molecular weight excluding hydrogens is 396 g/mol. The van der Waals surface area contributed by atoms with Crippen LogP contribution in [0.5, 0.6) is 0 Å². The number of rotatable bonds is 3. The lowest BCUT2D eigenvalue weighted by molar-refractivity contribution is -0.136. The Balaban J connectivity index is 1.50. The van der Waals surface area contributed by atoms with Crippen LogP contribution in [0.2, 0.25) is 0 Å². The number of aromatic nitrogens is 2. The van der Waals surface area contributed by atoms with Crippen LogP contribution < -0.4 is 5.32 Å². The molecule has 4 rings (SSSR count). The van der Waals surface area contributed by atoms with E-state index in [0.717, 1.165) is 47.6 Å². The third-order valence-electron chi connectivity index (χ3n) is 5.30. The fourth-order valence-electron chi connectivity index (χ4n) is 3.59. The van der Waals surface area contributed by atoms with E-state index < -0.39 is 0 Å². The molecule has 1 saturated carbocycles. The van der Waals surface area contributed by atoms with E-state index in [-0.39, 0.29) is 29.8 Å². The highest BCUT2D eigenvalue weighted by Crippen LogP contribution is 2.33. The van der Waals surface area contributed by atoms with Crippen molar-refractivity contribution in [3.05, 3.63) is 34.7 Å². The first-order valence-corrected chi connectivity index (χ1v) is 9.85. The first kappa shape index (κ1) is 17.4. The molecule has 3 heterocycles. The SMILES string of the molecule is C[C@@H]1[C@H](NC(=O)c2ccc3cncc(Br)c3n2)CCCN1C(=O)C1CC1. The van der Waals surface area contributed by atoms with Crippen LogP contribution in [0, 0.1) is 5.92 Å². The molecule has 2 aromatic rings. The van der Waals surface area contributed by atoms with Gasteiger partial charge in [-0.1, -0.05) is 0 Å². The van der Waals surface area contributed by atoms with Gasteiger partial charge in [0.1, 0.15) is 5.69 Å². The van der Waals surface area contributed by atoms with Gasteiger partial charge in [0.2, 0.25) is 5.91 Å². The van der Waals surface area contributed by atoms with Gasteiger partial charge in [0, 0.05) is 42.3 Å². The van der Waals surface area contributed by atoms with Crippen LogP contribution >= 0.6 is 15.9 Å². The Morgan fingerprint density at radius 3 is 2.81 bits per heavy atom. The Bertz CT molecular complexity index is 868. The Kier molecular flexibility index (Phi) is 4.65. The predicted octanol–water partition coefficient (Wildman–Crippen LogP) is 2.91. The summed E-state index contributed by atoms with van der Waals surface area (Å²) in [5.74, 6) is 0.255. The molecule has 0 aromatic carbocycles. The van der Waals surface area contributed by atoms with E-state index in [1.54, 1.807) is 18.5 Å². The summed E-state index contributed by atoms with van der Waals surface area (Å²) in [7, 11) is 0. The summed E-state index contributed by atoms with van der Waals surface area (Å²) in [5, 5.41) is 3.96. The lowest BCUT2D eigenvalue weighted by Crippen LogP contribution is -2.56. The molecule has 0 spiro atoms. The van der Waals surface area contributed by atoms with E-state index >= 15 is 0 Å². The molecule has 2 aliphatic rings. The molecule has 1 aliphatic heterocycles. The topological polar surface area (TPSA) is 75.2 Å². The van der Waals surface area contributed by atoms with Gasteiger partial charge in [-0.25, -0.2) is 4.98 Å². The first-order valence-electron chi connectivity index (χ1n) is 9.06. The number of pyridine rings is 2. The van der Waals surface area contributed by atoms with Crippen LogP contribution in [0.1, 0.15) is 43.1 Å². The van der Waals surface area contributed by atoms with Crippen molar-refractivity contribution >= 4 is 38.6 Å². The van der Waals surface area contributed by atoms with Gasteiger partial charge in [-0.05, 0) is 60.7 Å². The largest absolute Gasteiger partial charge is 0.346 e. The number of fused-ring (bicyclic) bond motifs is 1. The maximum absolute atomic E-state index is 12.7. The molecule has 2 amide bonds. The van der Waals surface area contributed by atoms with Crippen molar-refractivity contribution in [3.8, 4) is 0 Å². The molecule has 7 heteroatoms. The summed E-state index contributed by atoms with van der Waals surface area (Å²) in [6.45, 7) is 2.82. The lowest BCUT2D eigenvalue weighted by Gasteiger charge is -2.39. The third-order valence-corrected chi connectivity index (χ3v) is 5.88. The number of carbonyl (C=O) groups is 2. The lowest BCUT2D eigenvalue weighted by atomic mass is 9.96. The number of hydrogen-bond donors (Lipinski definition) is 1. The maximum atomic E-state index is 12.7. The van der Waals surface area contributed by atoms with Crippen LogP contribution in [0.4, 0.5) is 0 Å². The van der Waals surface area contributed by atoms with Gasteiger partial charge < -0.3 is 10.2 Å². The van der Waals surface area contributed by atoms with E-state index in [1.807, 2.05) is 17.9 Å². The van der Waals surface area contributed by atoms with Crippen LogP contribution in [-0.4, -0.2) is 45.3 Å². The molecule has 2 aromatic heterocycles. The van der Waals surface area contributed by atoms with Crippen LogP contribution in [0.3, 0.4) is 0 Å². The molecule has 1 N–H and O–H groups in total.